The van der Waals surface area contributed by atoms with Gasteiger partial charge in [0.2, 0.25) is 0 Å². The summed E-state index contributed by atoms with van der Waals surface area (Å²) >= 11 is 1.40. The average Bonchev–Trinajstić information content (AvgIpc) is 2.72. The smallest absolute Gasteiger partial charge is 0.335 e. The normalized spacial score (nSPS) is 13.9. The summed E-state index contributed by atoms with van der Waals surface area (Å²) in [6.45, 7) is 4.08. The number of nitriles is 1. The van der Waals surface area contributed by atoms with E-state index in [1.54, 1.807) is 12.1 Å². The first-order chi connectivity index (χ1) is 13.1. The SMILES string of the molecule is CCc1ccc(C(=O)O)cc1SNc1cc(C#N)ccc1N1CCCCC1. The predicted molar refractivity (Wildman–Crippen MR) is 109 cm³/mol. The van der Waals surface area contributed by atoms with Crippen molar-refractivity contribution in [3.05, 3.63) is 53.1 Å². The second-order valence-electron chi connectivity index (χ2n) is 6.58. The van der Waals surface area contributed by atoms with Crippen molar-refractivity contribution in [3.63, 3.8) is 0 Å². The van der Waals surface area contributed by atoms with Gasteiger partial charge in [-0.2, -0.15) is 5.26 Å². The van der Waals surface area contributed by atoms with E-state index in [0.717, 1.165) is 41.3 Å². The summed E-state index contributed by atoms with van der Waals surface area (Å²) in [5, 5.41) is 18.5. The Morgan fingerprint density at radius 3 is 2.67 bits per heavy atom. The van der Waals surface area contributed by atoms with Gasteiger partial charge in [-0.1, -0.05) is 13.0 Å². The summed E-state index contributed by atoms with van der Waals surface area (Å²) in [6.07, 6.45) is 4.42. The van der Waals surface area contributed by atoms with Gasteiger partial charge in [-0.05, 0) is 73.5 Å². The van der Waals surface area contributed by atoms with Crippen LogP contribution in [-0.4, -0.2) is 24.2 Å². The number of hydrogen-bond acceptors (Lipinski definition) is 5. The minimum atomic E-state index is -0.931. The first-order valence-corrected chi connectivity index (χ1v) is 10.0. The Morgan fingerprint density at radius 1 is 1.22 bits per heavy atom. The highest BCUT2D eigenvalue weighted by atomic mass is 32.2. The van der Waals surface area contributed by atoms with Crippen LogP contribution < -0.4 is 9.62 Å². The number of aromatic carboxylic acids is 1. The van der Waals surface area contributed by atoms with Crippen molar-refractivity contribution in [1.82, 2.24) is 0 Å². The Labute approximate surface area is 164 Å². The third-order valence-electron chi connectivity index (χ3n) is 4.79. The van der Waals surface area contributed by atoms with E-state index in [1.807, 2.05) is 24.3 Å². The highest BCUT2D eigenvalue weighted by Crippen LogP contribution is 2.34. The summed E-state index contributed by atoms with van der Waals surface area (Å²) in [6, 6.07) is 13.1. The van der Waals surface area contributed by atoms with Crippen LogP contribution in [0, 0.1) is 11.3 Å². The van der Waals surface area contributed by atoms with Gasteiger partial charge >= 0.3 is 5.97 Å². The molecule has 6 heteroatoms. The number of carboxylic acid groups (broad SMARTS) is 1. The minimum absolute atomic E-state index is 0.276. The maximum absolute atomic E-state index is 11.3. The van der Waals surface area contributed by atoms with Crippen LogP contribution in [0.1, 0.15) is 47.7 Å². The first-order valence-electron chi connectivity index (χ1n) is 9.20. The molecule has 3 rings (SSSR count). The topological polar surface area (TPSA) is 76.4 Å². The Kier molecular flexibility index (Phi) is 6.25. The van der Waals surface area contributed by atoms with Crippen LogP contribution in [0.25, 0.3) is 0 Å². The molecule has 2 N–H and O–H groups in total. The molecular formula is C21H23N3O2S. The number of nitrogens with one attached hydrogen (secondary N) is 1. The van der Waals surface area contributed by atoms with Crippen molar-refractivity contribution in [2.24, 2.45) is 0 Å². The monoisotopic (exact) mass is 381 g/mol. The largest absolute Gasteiger partial charge is 0.478 e. The van der Waals surface area contributed by atoms with E-state index in [1.165, 1.54) is 31.2 Å². The molecule has 1 saturated heterocycles. The Hall–Kier alpha value is -2.65. The molecular weight excluding hydrogens is 358 g/mol. The second-order valence-corrected chi connectivity index (χ2v) is 7.42. The van der Waals surface area contributed by atoms with Crippen molar-refractivity contribution in [1.29, 1.82) is 5.26 Å². The zero-order valence-corrected chi connectivity index (χ0v) is 16.2. The Balaban J connectivity index is 1.88. The lowest BCUT2D eigenvalue weighted by atomic mass is 10.1. The molecule has 0 aromatic heterocycles. The van der Waals surface area contributed by atoms with E-state index >= 15 is 0 Å². The lowest BCUT2D eigenvalue weighted by molar-refractivity contribution is 0.0696. The number of hydrogen-bond donors (Lipinski definition) is 2. The van der Waals surface area contributed by atoms with Crippen LogP contribution in [0.15, 0.2) is 41.3 Å². The molecule has 0 amide bonds. The molecule has 0 atom stereocenters. The Bertz CT molecular complexity index is 870. The van der Waals surface area contributed by atoms with Crippen LogP contribution in [0.5, 0.6) is 0 Å². The molecule has 0 radical (unpaired) electrons. The fourth-order valence-electron chi connectivity index (χ4n) is 3.28. The maximum atomic E-state index is 11.3. The van der Waals surface area contributed by atoms with Gasteiger partial charge in [0.1, 0.15) is 0 Å². The molecule has 1 fully saturated rings. The predicted octanol–water partition coefficient (Wildman–Crippen LogP) is 4.93. The van der Waals surface area contributed by atoms with Crippen molar-refractivity contribution >= 4 is 29.3 Å². The third-order valence-corrected chi connectivity index (χ3v) is 5.71. The molecule has 1 aliphatic rings. The van der Waals surface area contributed by atoms with Gasteiger partial charge in [0.05, 0.1) is 28.6 Å². The number of piperidine rings is 1. The number of anilines is 2. The molecule has 0 saturated carbocycles. The van der Waals surface area contributed by atoms with Crippen molar-refractivity contribution in [3.8, 4) is 6.07 Å². The summed E-state index contributed by atoms with van der Waals surface area (Å²) in [7, 11) is 0. The van der Waals surface area contributed by atoms with Gasteiger partial charge in [-0.25, -0.2) is 4.79 Å². The highest BCUT2D eigenvalue weighted by molar-refractivity contribution is 8.00. The number of aryl methyl sites for hydroxylation is 1. The highest BCUT2D eigenvalue weighted by Gasteiger charge is 2.16. The number of carbonyl (C=O) groups is 1. The van der Waals surface area contributed by atoms with Crippen LogP contribution in [0.4, 0.5) is 11.4 Å². The van der Waals surface area contributed by atoms with Crippen LogP contribution in [-0.2, 0) is 6.42 Å². The molecule has 0 spiro atoms. The van der Waals surface area contributed by atoms with Crippen LogP contribution in [0.3, 0.4) is 0 Å². The molecule has 1 aliphatic heterocycles. The van der Waals surface area contributed by atoms with E-state index in [2.05, 4.69) is 22.6 Å². The fourth-order valence-corrected chi connectivity index (χ4v) is 4.20. The average molecular weight is 382 g/mol. The Morgan fingerprint density at radius 2 is 2.00 bits per heavy atom. The second kappa shape index (κ2) is 8.83. The van der Waals surface area contributed by atoms with Crippen molar-refractivity contribution in [2.45, 2.75) is 37.5 Å². The van der Waals surface area contributed by atoms with Crippen LogP contribution >= 0.6 is 11.9 Å². The van der Waals surface area contributed by atoms with Gasteiger partial charge in [-0.15, -0.1) is 0 Å². The van der Waals surface area contributed by atoms with E-state index in [0.29, 0.717) is 5.56 Å². The zero-order valence-electron chi connectivity index (χ0n) is 15.4. The minimum Gasteiger partial charge on any atom is -0.478 e. The molecule has 2 aromatic carbocycles. The molecule has 0 bridgehead atoms. The van der Waals surface area contributed by atoms with Gasteiger partial charge < -0.3 is 14.7 Å². The number of rotatable bonds is 6. The molecule has 5 nitrogen and oxygen atoms in total. The summed E-state index contributed by atoms with van der Waals surface area (Å²) in [5.74, 6) is -0.931. The van der Waals surface area contributed by atoms with Gasteiger partial charge in [0.15, 0.2) is 0 Å². The van der Waals surface area contributed by atoms with Crippen LogP contribution in [0.2, 0.25) is 0 Å². The van der Waals surface area contributed by atoms with E-state index < -0.39 is 5.97 Å². The van der Waals surface area contributed by atoms with E-state index in [-0.39, 0.29) is 5.56 Å². The van der Waals surface area contributed by atoms with E-state index in [9.17, 15) is 15.2 Å². The van der Waals surface area contributed by atoms with Crippen molar-refractivity contribution in [2.75, 3.05) is 22.7 Å². The molecule has 0 aliphatic carbocycles. The number of carboxylic acids is 1. The van der Waals surface area contributed by atoms with Gasteiger partial charge in [-0.3, -0.25) is 0 Å². The molecule has 0 unspecified atom stereocenters. The lowest BCUT2D eigenvalue weighted by Gasteiger charge is -2.30. The molecule has 27 heavy (non-hydrogen) atoms. The molecule has 2 aromatic rings. The van der Waals surface area contributed by atoms with Crippen molar-refractivity contribution < 1.29 is 9.90 Å². The van der Waals surface area contributed by atoms with Gasteiger partial charge in [0.25, 0.3) is 0 Å². The van der Waals surface area contributed by atoms with E-state index in [4.69, 9.17) is 0 Å². The first kappa shape index (κ1) is 19.1. The zero-order chi connectivity index (χ0) is 19.2. The summed E-state index contributed by atoms with van der Waals surface area (Å²) < 4.78 is 3.37. The molecule has 1 heterocycles. The molecule has 140 valence electrons. The third kappa shape index (κ3) is 4.55. The fraction of sp³-hybridized carbons (Fsp3) is 0.333. The summed E-state index contributed by atoms with van der Waals surface area (Å²) in [5.41, 5.74) is 3.96. The maximum Gasteiger partial charge on any atom is 0.335 e. The lowest BCUT2D eigenvalue weighted by Crippen LogP contribution is -2.29. The standard InChI is InChI=1S/C21H23N3O2S/c1-2-16-7-8-17(21(25)26)13-20(16)27-23-18-12-15(14-22)6-9-19(18)24-10-4-3-5-11-24/h6-9,12-13,23H,2-5,10-11H2,1H3,(H,25,26). The quantitative estimate of drug-likeness (QED) is 0.691. The number of benzene rings is 2. The number of nitrogens with zero attached hydrogens (tertiary/aromatic N) is 2. The van der Waals surface area contributed by atoms with Gasteiger partial charge in [0, 0.05) is 18.0 Å². The summed E-state index contributed by atoms with van der Waals surface area (Å²) in [4.78, 5) is 14.5.